The maximum Gasteiger partial charge on any atom is 0.144 e. The second kappa shape index (κ2) is 11.1. The number of rotatable bonds is 9. The van der Waals surface area contributed by atoms with Crippen LogP contribution in [-0.4, -0.2) is 9.55 Å². The van der Waals surface area contributed by atoms with Gasteiger partial charge < -0.3 is 9.30 Å². The number of benzene rings is 4. The third-order valence-electron chi connectivity index (χ3n) is 7.07. The van der Waals surface area contributed by atoms with Crippen LogP contribution in [0.4, 0.5) is 0 Å². The summed E-state index contributed by atoms with van der Waals surface area (Å²) >= 11 is 0. The average molecular weight is 489 g/mol. The second-order valence-electron chi connectivity index (χ2n) is 10.4. The number of para-hydroxylation sites is 2. The van der Waals surface area contributed by atoms with E-state index >= 15 is 0 Å². The summed E-state index contributed by atoms with van der Waals surface area (Å²) in [5, 5.41) is 0. The van der Waals surface area contributed by atoms with Crippen LogP contribution >= 0.6 is 0 Å². The Labute approximate surface area is 220 Å². The summed E-state index contributed by atoms with van der Waals surface area (Å²) in [4.78, 5) is 5.12. The molecule has 0 aliphatic rings. The summed E-state index contributed by atoms with van der Waals surface area (Å²) in [6, 6.07) is 36.6. The zero-order valence-electron chi connectivity index (χ0n) is 22.3. The SMILES string of the molecule is CC(C)c1ccc(COC(c2ccccc2)c2nc3ccccc3n2Cc2ccc(C(C)C)cc2)cc1. The van der Waals surface area contributed by atoms with Gasteiger partial charge in [0.05, 0.1) is 17.6 Å². The van der Waals surface area contributed by atoms with Crippen molar-refractivity contribution >= 4 is 11.0 Å². The van der Waals surface area contributed by atoms with Crippen LogP contribution in [0, 0.1) is 0 Å². The lowest BCUT2D eigenvalue weighted by molar-refractivity contribution is 0.0592. The van der Waals surface area contributed by atoms with Gasteiger partial charge in [-0.2, -0.15) is 0 Å². The first-order chi connectivity index (χ1) is 18.0. The first-order valence-corrected chi connectivity index (χ1v) is 13.3. The maximum absolute atomic E-state index is 6.68. The van der Waals surface area contributed by atoms with E-state index in [0.717, 1.165) is 34.5 Å². The molecule has 1 aromatic heterocycles. The van der Waals surface area contributed by atoms with Crippen LogP contribution in [0.15, 0.2) is 103 Å². The van der Waals surface area contributed by atoms with Crippen LogP contribution < -0.4 is 0 Å². The van der Waals surface area contributed by atoms with Gasteiger partial charge >= 0.3 is 0 Å². The third-order valence-corrected chi connectivity index (χ3v) is 7.07. The molecule has 0 saturated heterocycles. The van der Waals surface area contributed by atoms with Crippen molar-refractivity contribution in [3.8, 4) is 0 Å². The van der Waals surface area contributed by atoms with E-state index in [9.17, 15) is 0 Å². The van der Waals surface area contributed by atoms with E-state index in [1.165, 1.54) is 16.7 Å². The summed E-state index contributed by atoms with van der Waals surface area (Å²) < 4.78 is 8.99. The van der Waals surface area contributed by atoms with Gasteiger partial charge in [-0.1, -0.05) is 119 Å². The third kappa shape index (κ3) is 5.68. The molecule has 0 aliphatic carbocycles. The van der Waals surface area contributed by atoms with E-state index in [1.54, 1.807) is 0 Å². The number of nitrogens with zero attached hydrogens (tertiary/aromatic N) is 2. The van der Waals surface area contributed by atoms with Crippen molar-refractivity contribution in [1.82, 2.24) is 9.55 Å². The van der Waals surface area contributed by atoms with Gasteiger partial charge in [0, 0.05) is 6.54 Å². The molecule has 1 atom stereocenters. The molecular formula is C34H36N2O. The normalized spacial score (nSPS) is 12.5. The molecule has 0 fully saturated rings. The summed E-state index contributed by atoms with van der Waals surface area (Å²) in [5.41, 5.74) is 8.33. The van der Waals surface area contributed by atoms with Crippen molar-refractivity contribution in [1.29, 1.82) is 0 Å². The van der Waals surface area contributed by atoms with Gasteiger partial charge in [-0.05, 0) is 51.8 Å². The van der Waals surface area contributed by atoms with Gasteiger partial charge in [0.15, 0.2) is 0 Å². The Morgan fingerprint density at radius 3 is 1.81 bits per heavy atom. The minimum atomic E-state index is -0.284. The topological polar surface area (TPSA) is 27.1 Å². The Balaban J connectivity index is 1.52. The Hall–Kier alpha value is -3.69. The molecule has 1 heterocycles. The van der Waals surface area contributed by atoms with Crippen LogP contribution in [-0.2, 0) is 17.9 Å². The molecule has 5 rings (SSSR count). The Bertz CT molecular complexity index is 1430. The van der Waals surface area contributed by atoms with Gasteiger partial charge in [-0.15, -0.1) is 0 Å². The first-order valence-electron chi connectivity index (χ1n) is 13.3. The lowest BCUT2D eigenvalue weighted by Gasteiger charge is -2.20. The predicted octanol–water partition coefficient (Wildman–Crippen LogP) is 8.64. The van der Waals surface area contributed by atoms with Gasteiger partial charge in [0.2, 0.25) is 0 Å². The standard InChI is InChI=1S/C34H36N2O/c1-24(2)28-18-14-26(15-19-28)22-36-32-13-9-8-12-31(32)35-34(36)33(30-10-6-5-7-11-30)37-23-27-16-20-29(21-17-27)25(3)4/h5-21,24-25,33H,22-23H2,1-4H3. The van der Waals surface area contributed by atoms with Crippen molar-refractivity contribution in [2.24, 2.45) is 0 Å². The quantitative estimate of drug-likeness (QED) is 0.208. The lowest BCUT2D eigenvalue weighted by atomic mass is 10.0. The number of hydrogen-bond donors (Lipinski definition) is 0. The summed E-state index contributed by atoms with van der Waals surface area (Å²) in [6.07, 6.45) is -0.284. The minimum Gasteiger partial charge on any atom is -0.361 e. The zero-order chi connectivity index (χ0) is 25.8. The van der Waals surface area contributed by atoms with E-state index in [0.29, 0.717) is 18.4 Å². The molecule has 5 aromatic rings. The molecule has 0 N–H and O–H groups in total. The molecule has 0 radical (unpaired) electrons. The zero-order valence-corrected chi connectivity index (χ0v) is 22.3. The van der Waals surface area contributed by atoms with Crippen molar-refractivity contribution in [3.05, 3.63) is 137 Å². The molecular weight excluding hydrogens is 452 g/mol. The van der Waals surface area contributed by atoms with E-state index in [1.807, 2.05) is 6.07 Å². The summed E-state index contributed by atoms with van der Waals surface area (Å²) in [7, 11) is 0. The molecule has 0 aliphatic heterocycles. The number of imidazole rings is 1. The highest BCUT2D eigenvalue weighted by Crippen LogP contribution is 2.31. The molecule has 3 heteroatoms. The molecule has 4 aromatic carbocycles. The van der Waals surface area contributed by atoms with Gasteiger partial charge in [0.25, 0.3) is 0 Å². The fraction of sp³-hybridized carbons (Fsp3) is 0.265. The second-order valence-corrected chi connectivity index (χ2v) is 10.4. The van der Waals surface area contributed by atoms with Crippen LogP contribution in [0.3, 0.4) is 0 Å². The maximum atomic E-state index is 6.68. The molecule has 0 amide bonds. The fourth-order valence-corrected chi connectivity index (χ4v) is 4.78. The number of hydrogen-bond acceptors (Lipinski definition) is 2. The van der Waals surface area contributed by atoms with Crippen LogP contribution in [0.5, 0.6) is 0 Å². The smallest absolute Gasteiger partial charge is 0.144 e. The molecule has 3 nitrogen and oxygen atoms in total. The van der Waals surface area contributed by atoms with Crippen LogP contribution in [0.25, 0.3) is 11.0 Å². The highest BCUT2D eigenvalue weighted by Gasteiger charge is 2.23. The Morgan fingerprint density at radius 1 is 0.622 bits per heavy atom. The van der Waals surface area contributed by atoms with Gasteiger partial charge in [-0.3, -0.25) is 0 Å². The monoisotopic (exact) mass is 488 g/mol. The van der Waals surface area contributed by atoms with E-state index in [2.05, 4.69) is 129 Å². The predicted molar refractivity (Wildman–Crippen MR) is 153 cm³/mol. The summed E-state index contributed by atoms with van der Waals surface area (Å²) in [6.45, 7) is 10.2. The first kappa shape index (κ1) is 25.0. The van der Waals surface area contributed by atoms with Crippen LogP contribution in [0.2, 0.25) is 0 Å². The van der Waals surface area contributed by atoms with E-state index in [4.69, 9.17) is 9.72 Å². The van der Waals surface area contributed by atoms with Crippen molar-refractivity contribution < 1.29 is 4.74 Å². The largest absolute Gasteiger partial charge is 0.361 e. The van der Waals surface area contributed by atoms with E-state index in [-0.39, 0.29) is 6.10 Å². The number of fused-ring (bicyclic) bond motifs is 1. The number of ether oxygens (including phenoxy) is 1. The van der Waals surface area contributed by atoms with Crippen molar-refractivity contribution in [3.63, 3.8) is 0 Å². The molecule has 1 unspecified atom stereocenters. The molecule has 188 valence electrons. The highest BCUT2D eigenvalue weighted by molar-refractivity contribution is 5.76. The molecule has 0 saturated carbocycles. The molecule has 37 heavy (non-hydrogen) atoms. The van der Waals surface area contributed by atoms with Gasteiger partial charge in [-0.25, -0.2) is 4.98 Å². The minimum absolute atomic E-state index is 0.284. The Morgan fingerprint density at radius 2 is 1.19 bits per heavy atom. The molecule has 0 spiro atoms. The van der Waals surface area contributed by atoms with Crippen molar-refractivity contribution in [2.75, 3.05) is 0 Å². The average Bonchev–Trinajstić information content (AvgIpc) is 3.28. The fourth-order valence-electron chi connectivity index (χ4n) is 4.78. The summed E-state index contributed by atoms with van der Waals surface area (Å²) in [5.74, 6) is 1.96. The van der Waals surface area contributed by atoms with Crippen LogP contribution in [0.1, 0.15) is 79.3 Å². The highest BCUT2D eigenvalue weighted by atomic mass is 16.5. The van der Waals surface area contributed by atoms with Crippen molar-refractivity contribution in [2.45, 2.75) is 58.8 Å². The number of aromatic nitrogens is 2. The lowest BCUT2D eigenvalue weighted by Crippen LogP contribution is -2.14. The van der Waals surface area contributed by atoms with Gasteiger partial charge in [0.1, 0.15) is 11.9 Å². The van der Waals surface area contributed by atoms with E-state index < -0.39 is 0 Å². The molecule has 0 bridgehead atoms. The Kier molecular flexibility index (Phi) is 7.52.